The molecule has 2 nitrogen and oxygen atoms in total. The maximum absolute atomic E-state index is 14.2. The molecule has 1 fully saturated rings. The monoisotopic (exact) mass is 226 g/mol. The molecule has 0 bridgehead atoms. The van der Waals surface area contributed by atoms with Gasteiger partial charge in [0, 0.05) is 6.42 Å². The van der Waals surface area contributed by atoms with Crippen LogP contribution in [0.1, 0.15) is 18.9 Å². The van der Waals surface area contributed by atoms with E-state index in [-0.39, 0.29) is 13.0 Å². The Morgan fingerprint density at radius 2 is 2.12 bits per heavy atom. The quantitative estimate of drug-likeness (QED) is 0.740. The van der Waals surface area contributed by atoms with Crippen molar-refractivity contribution >= 4 is 5.97 Å². The molecule has 2 atom stereocenters. The lowest BCUT2D eigenvalue weighted by atomic mass is 10.1. The molecule has 1 aliphatic carbocycles. The molecular weight excluding hydrogens is 214 g/mol. The van der Waals surface area contributed by atoms with Crippen molar-refractivity contribution in [2.45, 2.75) is 19.0 Å². The third-order valence-corrected chi connectivity index (χ3v) is 2.79. The van der Waals surface area contributed by atoms with Crippen LogP contribution in [0.2, 0.25) is 0 Å². The Kier molecular flexibility index (Phi) is 2.66. The molecule has 1 aromatic carbocycles. The first kappa shape index (κ1) is 11.0. The van der Waals surface area contributed by atoms with Crippen molar-refractivity contribution in [3.63, 3.8) is 0 Å². The van der Waals surface area contributed by atoms with Crippen molar-refractivity contribution < 1.29 is 18.3 Å². The van der Waals surface area contributed by atoms with Crippen molar-refractivity contribution in [2.75, 3.05) is 6.61 Å². The fraction of sp³-hybridized carbons (Fsp3) is 0.417. The molecule has 86 valence electrons. The fourth-order valence-electron chi connectivity index (χ4n) is 1.80. The summed E-state index contributed by atoms with van der Waals surface area (Å²) in [6.07, 6.45) is 0.122. The molecule has 4 heteroatoms. The molecular formula is C12H12F2O2. The molecule has 0 heterocycles. The van der Waals surface area contributed by atoms with E-state index in [0.717, 1.165) is 0 Å². The predicted molar refractivity (Wildman–Crippen MR) is 53.9 cm³/mol. The Bertz CT molecular complexity index is 402. The van der Waals surface area contributed by atoms with Gasteiger partial charge in [0.2, 0.25) is 0 Å². The second kappa shape index (κ2) is 3.85. The van der Waals surface area contributed by atoms with Crippen molar-refractivity contribution in [2.24, 2.45) is 5.92 Å². The lowest BCUT2D eigenvalue weighted by molar-refractivity contribution is -0.145. The minimum Gasteiger partial charge on any atom is -0.466 e. The van der Waals surface area contributed by atoms with Crippen LogP contribution in [0.3, 0.4) is 0 Å². The van der Waals surface area contributed by atoms with E-state index in [1.807, 2.05) is 0 Å². The summed E-state index contributed by atoms with van der Waals surface area (Å²) in [6.45, 7) is 1.92. The van der Waals surface area contributed by atoms with Crippen molar-refractivity contribution in [3.05, 3.63) is 35.6 Å². The van der Waals surface area contributed by atoms with Gasteiger partial charge in [-0.3, -0.25) is 4.79 Å². The number of hydrogen-bond donors (Lipinski definition) is 0. The highest BCUT2D eigenvalue weighted by atomic mass is 19.1. The highest BCUT2D eigenvalue weighted by Gasteiger charge is 2.61. The first-order valence-corrected chi connectivity index (χ1v) is 5.19. The standard InChI is InChI=1S/C12H12F2O2/c1-2-16-11(15)10-7-12(10,14)8-3-5-9(13)6-4-8/h3-6,10H,2,7H2,1H3/t10-,12+/m1/s1. The summed E-state index contributed by atoms with van der Waals surface area (Å²) in [6, 6.07) is 5.12. The predicted octanol–water partition coefficient (Wildman–Crippen LogP) is 2.57. The van der Waals surface area contributed by atoms with Gasteiger partial charge in [-0.05, 0) is 24.6 Å². The van der Waals surface area contributed by atoms with Gasteiger partial charge in [-0.15, -0.1) is 0 Å². The molecule has 0 amide bonds. The van der Waals surface area contributed by atoms with Gasteiger partial charge in [-0.25, -0.2) is 8.78 Å². The van der Waals surface area contributed by atoms with Crippen LogP contribution in [-0.2, 0) is 15.2 Å². The summed E-state index contributed by atoms with van der Waals surface area (Å²) >= 11 is 0. The zero-order valence-electron chi connectivity index (χ0n) is 8.87. The second-order valence-corrected chi connectivity index (χ2v) is 3.88. The van der Waals surface area contributed by atoms with Crippen molar-refractivity contribution in [1.82, 2.24) is 0 Å². The van der Waals surface area contributed by atoms with Crippen LogP contribution in [0.4, 0.5) is 8.78 Å². The number of benzene rings is 1. The number of hydrogen-bond acceptors (Lipinski definition) is 2. The lowest BCUT2D eigenvalue weighted by Crippen LogP contribution is -2.13. The molecule has 2 rings (SSSR count). The second-order valence-electron chi connectivity index (χ2n) is 3.88. The number of rotatable bonds is 3. The van der Waals surface area contributed by atoms with Crippen LogP contribution in [0.25, 0.3) is 0 Å². The first-order chi connectivity index (χ1) is 7.58. The Hall–Kier alpha value is -1.45. The van der Waals surface area contributed by atoms with Gasteiger partial charge >= 0.3 is 5.97 Å². The molecule has 0 spiro atoms. The van der Waals surface area contributed by atoms with Gasteiger partial charge < -0.3 is 4.74 Å². The van der Waals surface area contributed by atoms with E-state index in [1.54, 1.807) is 6.92 Å². The van der Waals surface area contributed by atoms with E-state index >= 15 is 0 Å². The Labute approximate surface area is 92.2 Å². The van der Waals surface area contributed by atoms with Crippen LogP contribution < -0.4 is 0 Å². The van der Waals surface area contributed by atoms with Crippen LogP contribution in [0.15, 0.2) is 24.3 Å². The van der Waals surface area contributed by atoms with E-state index < -0.39 is 23.4 Å². The smallest absolute Gasteiger partial charge is 0.312 e. The van der Waals surface area contributed by atoms with Gasteiger partial charge in [0.25, 0.3) is 0 Å². The van der Waals surface area contributed by atoms with Gasteiger partial charge in [0.05, 0.1) is 12.5 Å². The SMILES string of the molecule is CCOC(=O)[C@H]1C[C@]1(F)c1ccc(F)cc1. The third-order valence-electron chi connectivity index (χ3n) is 2.79. The number of carbonyl (C=O) groups excluding carboxylic acids is 1. The van der Waals surface area contributed by atoms with Crippen LogP contribution >= 0.6 is 0 Å². The van der Waals surface area contributed by atoms with Crippen LogP contribution in [-0.4, -0.2) is 12.6 Å². The number of ether oxygens (including phenoxy) is 1. The molecule has 0 N–H and O–H groups in total. The van der Waals surface area contributed by atoms with Crippen LogP contribution in [0.5, 0.6) is 0 Å². The van der Waals surface area contributed by atoms with E-state index in [2.05, 4.69) is 0 Å². The molecule has 16 heavy (non-hydrogen) atoms. The molecule has 1 aliphatic rings. The van der Waals surface area contributed by atoms with Gasteiger partial charge in [-0.1, -0.05) is 12.1 Å². The maximum atomic E-state index is 14.2. The highest BCUT2D eigenvalue weighted by molar-refractivity contribution is 5.78. The Morgan fingerprint density at radius 1 is 1.50 bits per heavy atom. The number of carbonyl (C=O) groups is 1. The number of esters is 1. The average molecular weight is 226 g/mol. The van der Waals surface area contributed by atoms with Gasteiger partial charge in [0.15, 0.2) is 0 Å². The molecule has 1 saturated carbocycles. The minimum absolute atomic E-state index is 0.122. The molecule has 0 saturated heterocycles. The molecule has 0 unspecified atom stereocenters. The molecule has 0 radical (unpaired) electrons. The van der Waals surface area contributed by atoms with E-state index in [0.29, 0.717) is 5.56 Å². The number of alkyl halides is 1. The molecule has 1 aromatic rings. The average Bonchev–Trinajstić information content (AvgIpc) is 2.93. The lowest BCUT2D eigenvalue weighted by Gasteiger charge is -2.07. The van der Waals surface area contributed by atoms with E-state index in [4.69, 9.17) is 4.74 Å². The zero-order chi connectivity index (χ0) is 11.8. The topological polar surface area (TPSA) is 26.3 Å². The van der Waals surface area contributed by atoms with Crippen molar-refractivity contribution in [1.29, 1.82) is 0 Å². The maximum Gasteiger partial charge on any atom is 0.312 e. The Morgan fingerprint density at radius 3 is 2.69 bits per heavy atom. The summed E-state index contributed by atoms with van der Waals surface area (Å²) in [5.74, 6) is -1.67. The first-order valence-electron chi connectivity index (χ1n) is 5.19. The third kappa shape index (κ3) is 1.79. The normalized spacial score (nSPS) is 27.6. The zero-order valence-corrected chi connectivity index (χ0v) is 8.87. The van der Waals surface area contributed by atoms with Crippen LogP contribution in [0, 0.1) is 11.7 Å². The summed E-state index contributed by atoms with van der Waals surface area (Å²) in [4.78, 5) is 11.3. The van der Waals surface area contributed by atoms with Gasteiger partial charge in [0.1, 0.15) is 11.5 Å². The highest BCUT2D eigenvalue weighted by Crippen LogP contribution is 2.56. The Balaban J connectivity index is 2.12. The number of halogens is 2. The minimum atomic E-state index is -1.67. The summed E-state index contributed by atoms with van der Waals surface area (Å²) in [5, 5.41) is 0. The van der Waals surface area contributed by atoms with Gasteiger partial charge in [-0.2, -0.15) is 0 Å². The van der Waals surface area contributed by atoms with E-state index in [1.165, 1.54) is 24.3 Å². The summed E-state index contributed by atoms with van der Waals surface area (Å²) in [7, 11) is 0. The van der Waals surface area contributed by atoms with E-state index in [9.17, 15) is 13.6 Å². The molecule has 0 aliphatic heterocycles. The summed E-state index contributed by atoms with van der Waals surface area (Å²) < 4.78 is 31.6. The largest absolute Gasteiger partial charge is 0.466 e. The summed E-state index contributed by atoms with van der Waals surface area (Å²) in [5.41, 5.74) is -1.33. The van der Waals surface area contributed by atoms with Crippen molar-refractivity contribution in [3.8, 4) is 0 Å². The fourth-order valence-corrected chi connectivity index (χ4v) is 1.80. The molecule has 0 aromatic heterocycles.